The van der Waals surface area contributed by atoms with Crippen LogP contribution >= 0.6 is 0 Å². The molecule has 35 heavy (non-hydrogen) atoms. The Balaban J connectivity index is 1.44. The van der Waals surface area contributed by atoms with Gasteiger partial charge in [0, 0.05) is 37.1 Å². The van der Waals surface area contributed by atoms with E-state index in [0.717, 1.165) is 34.5 Å². The fourth-order valence-corrected chi connectivity index (χ4v) is 4.42. The third-order valence-electron chi connectivity index (χ3n) is 6.36. The number of imidazole rings is 1. The Hall–Kier alpha value is -4.03. The highest BCUT2D eigenvalue weighted by atomic mass is 16.1. The summed E-state index contributed by atoms with van der Waals surface area (Å²) in [5.41, 5.74) is 6.77. The number of pyridine rings is 1. The standard InChI is InChI=1S/C29H29N5O/c1-20-9-11-22(12-10-20)15-16-30-27(23-7-5-4-6-8-23)29(35)28-26-14-13-24(19-34(26)21(2)32-28)25-17-31-33(3)18-25/h4-14,17-19,27,30H,15-16H2,1-3H3/t27-/m1/s1. The third-order valence-corrected chi connectivity index (χ3v) is 6.36. The van der Waals surface area contributed by atoms with Crippen LogP contribution in [0.15, 0.2) is 85.3 Å². The number of benzene rings is 2. The summed E-state index contributed by atoms with van der Waals surface area (Å²) in [6.45, 7) is 4.70. The number of Topliss-reactive ketones (excluding diaryl/α,β-unsaturated/α-hetero) is 1. The molecular weight excluding hydrogens is 434 g/mol. The molecule has 0 unspecified atom stereocenters. The second-order valence-electron chi connectivity index (χ2n) is 8.98. The van der Waals surface area contributed by atoms with Crippen molar-refractivity contribution in [2.75, 3.05) is 6.54 Å². The normalized spacial score (nSPS) is 12.2. The Labute approximate surface area is 205 Å². The third kappa shape index (κ3) is 4.79. The average molecular weight is 464 g/mol. The molecule has 0 radical (unpaired) electrons. The molecule has 1 atom stereocenters. The minimum atomic E-state index is -0.474. The van der Waals surface area contributed by atoms with Crippen LogP contribution < -0.4 is 5.32 Å². The van der Waals surface area contributed by atoms with Gasteiger partial charge >= 0.3 is 0 Å². The van der Waals surface area contributed by atoms with Gasteiger partial charge < -0.3 is 9.72 Å². The summed E-state index contributed by atoms with van der Waals surface area (Å²) in [6, 6.07) is 21.9. The zero-order chi connectivity index (χ0) is 24.4. The fourth-order valence-electron chi connectivity index (χ4n) is 4.42. The number of hydrogen-bond donors (Lipinski definition) is 1. The van der Waals surface area contributed by atoms with E-state index in [2.05, 4.69) is 41.6 Å². The number of fused-ring (bicyclic) bond motifs is 1. The Morgan fingerprint density at radius 1 is 0.943 bits per heavy atom. The number of aryl methyl sites for hydroxylation is 3. The minimum Gasteiger partial charge on any atom is -0.303 e. The second-order valence-corrected chi connectivity index (χ2v) is 8.98. The zero-order valence-electron chi connectivity index (χ0n) is 20.3. The van der Waals surface area contributed by atoms with Crippen molar-refractivity contribution in [3.8, 4) is 11.1 Å². The predicted molar refractivity (Wildman–Crippen MR) is 139 cm³/mol. The minimum absolute atomic E-state index is 0.0279. The molecule has 0 fully saturated rings. The second kappa shape index (κ2) is 9.68. The molecule has 176 valence electrons. The van der Waals surface area contributed by atoms with Crippen LogP contribution in [-0.4, -0.2) is 31.5 Å². The molecule has 5 aromatic rings. The van der Waals surface area contributed by atoms with E-state index in [1.54, 1.807) is 4.68 Å². The number of nitrogens with one attached hydrogen (secondary N) is 1. The molecule has 3 heterocycles. The summed E-state index contributed by atoms with van der Waals surface area (Å²) in [5.74, 6) is 0.750. The molecule has 3 aromatic heterocycles. The summed E-state index contributed by atoms with van der Waals surface area (Å²) in [6.07, 6.45) is 6.67. The van der Waals surface area contributed by atoms with E-state index < -0.39 is 6.04 Å². The van der Waals surface area contributed by atoms with Crippen molar-refractivity contribution in [1.29, 1.82) is 0 Å². The van der Waals surface area contributed by atoms with Crippen molar-refractivity contribution in [3.63, 3.8) is 0 Å². The zero-order valence-corrected chi connectivity index (χ0v) is 20.3. The van der Waals surface area contributed by atoms with Gasteiger partial charge in [0.25, 0.3) is 0 Å². The molecule has 0 spiro atoms. The molecule has 0 amide bonds. The summed E-state index contributed by atoms with van der Waals surface area (Å²) in [4.78, 5) is 18.6. The molecule has 0 bridgehead atoms. The number of carbonyl (C=O) groups excluding carboxylic acids is 1. The van der Waals surface area contributed by atoms with Crippen LogP contribution in [-0.2, 0) is 13.5 Å². The number of carbonyl (C=O) groups is 1. The molecule has 0 saturated carbocycles. The van der Waals surface area contributed by atoms with Gasteiger partial charge in [-0.05, 0) is 37.5 Å². The van der Waals surface area contributed by atoms with Crippen LogP contribution in [0, 0.1) is 13.8 Å². The van der Waals surface area contributed by atoms with Crippen molar-refractivity contribution in [2.45, 2.75) is 26.3 Å². The molecule has 2 aromatic carbocycles. The molecule has 0 aliphatic carbocycles. The number of hydrogen-bond acceptors (Lipinski definition) is 4. The number of aromatic nitrogens is 4. The van der Waals surface area contributed by atoms with Crippen LogP contribution in [0.3, 0.4) is 0 Å². The SMILES string of the molecule is Cc1ccc(CCN[C@@H](C(=O)c2nc(C)n3cc(-c4cnn(C)c4)ccc23)c2ccccc2)cc1. The van der Waals surface area contributed by atoms with E-state index >= 15 is 0 Å². The number of rotatable bonds is 8. The van der Waals surface area contributed by atoms with Crippen LogP contribution in [0.1, 0.15) is 39.0 Å². The van der Waals surface area contributed by atoms with E-state index in [-0.39, 0.29) is 5.78 Å². The van der Waals surface area contributed by atoms with E-state index in [4.69, 9.17) is 4.98 Å². The van der Waals surface area contributed by atoms with Gasteiger partial charge in [-0.2, -0.15) is 5.10 Å². The Morgan fingerprint density at radius 3 is 2.43 bits per heavy atom. The molecule has 1 N–H and O–H groups in total. The van der Waals surface area contributed by atoms with E-state index in [1.807, 2.05) is 79.4 Å². The smallest absolute Gasteiger partial charge is 0.204 e. The van der Waals surface area contributed by atoms with Crippen LogP contribution in [0.5, 0.6) is 0 Å². The lowest BCUT2D eigenvalue weighted by Crippen LogP contribution is -2.30. The van der Waals surface area contributed by atoms with Gasteiger partial charge in [0.05, 0.1) is 17.8 Å². The summed E-state index contributed by atoms with van der Waals surface area (Å²) < 4.78 is 3.77. The number of ketones is 1. The quantitative estimate of drug-likeness (QED) is 0.325. The van der Waals surface area contributed by atoms with E-state index in [9.17, 15) is 4.79 Å². The molecule has 0 saturated heterocycles. The van der Waals surface area contributed by atoms with Crippen molar-refractivity contribution in [2.24, 2.45) is 7.05 Å². The molecule has 6 nitrogen and oxygen atoms in total. The highest BCUT2D eigenvalue weighted by Crippen LogP contribution is 2.25. The van der Waals surface area contributed by atoms with Crippen LogP contribution in [0.4, 0.5) is 0 Å². The van der Waals surface area contributed by atoms with Crippen LogP contribution in [0.2, 0.25) is 0 Å². The maximum Gasteiger partial charge on any atom is 0.204 e. The van der Waals surface area contributed by atoms with Crippen molar-refractivity contribution < 1.29 is 4.79 Å². The lowest BCUT2D eigenvalue weighted by atomic mass is 9.99. The monoisotopic (exact) mass is 463 g/mol. The van der Waals surface area contributed by atoms with Crippen molar-refractivity contribution in [3.05, 3.63) is 114 Å². The molecule has 0 aliphatic rings. The molecular formula is C29H29N5O. The first-order chi connectivity index (χ1) is 17.0. The van der Waals surface area contributed by atoms with Gasteiger partial charge in [-0.3, -0.25) is 9.48 Å². The summed E-state index contributed by atoms with van der Waals surface area (Å²) in [7, 11) is 1.90. The van der Waals surface area contributed by atoms with Crippen LogP contribution in [0.25, 0.3) is 16.6 Å². The van der Waals surface area contributed by atoms with Gasteiger partial charge in [0.2, 0.25) is 5.78 Å². The first kappa shape index (κ1) is 22.7. The Morgan fingerprint density at radius 2 is 1.71 bits per heavy atom. The molecule has 5 rings (SSSR count). The topological polar surface area (TPSA) is 64.2 Å². The highest BCUT2D eigenvalue weighted by molar-refractivity contribution is 6.04. The summed E-state index contributed by atoms with van der Waals surface area (Å²) in [5, 5.41) is 7.77. The van der Waals surface area contributed by atoms with Crippen molar-refractivity contribution in [1.82, 2.24) is 24.5 Å². The van der Waals surface area contributed by atoms with Gasteiger partial charge in [-0.15, -0.1) is 0 Å². The highest BCUT2D eigenvalue weighted by Gasteiger charge is 2.26. The predicted octanol–water partition coefficient (Wildman–Crippen LogP) is 5.11. The van der Waals surface area contributed by atoms with Crippen molar-refractivity contribution >= 4 is 11.3 Å². The lowest BCUT2D eigenvalue weighted by molar-refractivity contribution is 0.0940. The largest absolute Gasteiger partial charge is 0.303 e. The molecule has 0 aliphatic heterocycles. The number of nitrogens with zero attached hydrogens (tertiary/aromatic N) is 4. The lowest BCUT2D eigenvalue weighted by Gasteiger charge is -2.18. The maximum absolute atomic E-state index is 13.9. The maximum atomic E-state index is 13.9. The molecule has 6 heteroatoms. The van der Waals surface area contributed by atoms with Gasteiger partial charge in [0.1, 0.15) is 11.5 Å². The first-order valence-electron chi connectivity index (χ1n) is 11.9. The Bertz CT molecular complexity index is 1460. The Kier molecular flexibility index (Phi) is 6.29. The van der Waals surface area contributed by atoms with E-state index in [1.165, 1.54) is 11.1 Å². The van der Waals surface area contributed by atoms with Gasteiger partial charge in [-0.1, -0.05) is 66.2 Å². The van der Waals surface area contributed by atoms with Gasteiger partial charge in [-0.25, -0.2) is 4.98 Å². The van der Waals surface area contributed by atoms with Gasteiger partial charge in [0.15, 0.2) is 0 Å². The summed E-state index contributed by atoms with van der Waals surface area (Å²) >= 11 is 0. The first-order valence-corrected chi connectivity index (χ1v) is 11.9. The van der Waals surface area contributed by atoms with E-state index in [0.29, 0.717) is 12.2 Å². The fraction of sp³-hybridized carbons (Fsp3) is 0.207. The average Bonchev–Trinajstić information content (AvgIpc) is 3.46.